The van der Waals surface area contributed by atoms with Crippen molar-refractivity contribution in [1.82, 2.24) is 9.80 Å². The highest BCUT2D eigenvalue weighted by Gasteiger charge is 2.82. The molecule has 3 fully saturated rings. The van der Waals surface area contributed by atoms with Gasteiger partial charge < -0.3 is 0 Å². The second-order valence-electron chi connectivity index (χ2n) is 14.5. The van der Waals surface area contributed by atoms with E-state index in [1.807, 2.05) is 91.8 Å². The molecule has 42 heavy (non-hydrogen) atoms. The lowest BCUT2D eigenvalue weighted by molar-refractivity contribution is -0.156. The maximum atomic E-state index is 14.8. The fourth-order valence-electron chi connectivity index (χ4n) is 9.48. The van der Waals surface area contributed by atoms with Crippen molar-refractivity contribution in [2.75, 3.05) is 0 Å². The fourth-order valence-corrected chi connectivity index (χ4v) is 9.48. The molecular weight excluding hydrogens is 524 g/mol. The maximum absolute atomic E-state index is 14.8. The van der Waals surface area contributed by atoms with Crippen molar-refractivity contribution < 1.29 is 19.2 Å². The summed E-state index contributed by atoms with van der Waals surface area (Å²) in [5.74, 6) is -3.83. The Morgan fingerprint density at radius 2 is 0.786 bits per heavy atom. The number of hydrogen-bond acceptors (Lipinski definition) is 4. The van der Waals surface area contributed by atoms with Crippen LogP contribution in [0.1, 0.15) is 79.4 Å². The molecule has 0 aromatic heterocycles. The summed E-state index contributed by atoms with van der Waals surface area (Å²) in [6.45, 7) is 15.4. The van der Waals surface area contributed by atoms with Crippen LogP contribution < -0.4 is 0 Å². The Kier molecular flexibility index (Phi) is 6.11. The second-order valence-corrected chi connectivity index (χ2v) is 14.5. The molecule has 3 aliphatic carbocycles. The van der Waals surface area contributed by atoms with Gasteiger partial charge in [-0.15, -0.1) is 0 Å². The van der Waals surface area contributed by atoms with Crippen molar-refractivity contribution in [2.45, 2.75) is 79.3 Å². The van der Waals surface area contributed by atoms with Gasteiger partial charge in [0.05, 0.1) is 23.7 Å². The molecule has 6 heteroatoms. The predicted octanol–water partition coefficient (Wildman–Crippen LogP) is 6.22. The molecule has 2 aromatic rings. The Labute approximate surface area is 249 Å². The van der Waals surface area contributed by atoms with E-state index in [1.165, 1.54) is 9.80 Å². The number of hydrogen-bond donors (Lipinski definition) is 0. The quantitative estimate of drug-likeness (QED) is 0.412. The third-order valence-corrected chi connectivity index (χ3v) is 10.6. The van der Waals surface area contributed by atoms with Crippen LogP contribution >= 0.6 is 0 Å². The normalized spacial score (nSPS) is 32.7. The number of likely N-dealkylation sites (tertiary alicyclic amines) is 2. The first kappa shape index (κ1) is 28.6. The highest BCUT2D eigenvalue weighted by atomic mass is 16.2. The van der Waals surface area contributed by atoms with Crippen molar-refractivity contribution in [2.24, 2.45) is 34.5 Å². The van der Waals surface area contributed by atoms with Gasteiger partial charge in [-0.05, 0) is 76.7 Å². The van der Waals surface area contributed by atoms with Crippen LogP contribution in [0.3, 0.4) is 0 Å². The van der Waals surface area contributed by atoms with Crippen LogP contribution in [0.4, 0.5) is 0 Å². The van der Waals surface area contributed by atoms with E-state index >= 15 is 0 Å². The second kappa shape index (κ2) is 8.98. The minimum atomic E-state index is -1.04. The van der Waals surface area contributed by atoms with Gasteiger partial charge in [0.25, 0.3) is 0 Å². The Bertz CT molecular complexity index is 1370. The van der Waals surface area contributed by atoms with Gasteiger partial charge in [-0.2, -0.15) is 0 Å². The van der Waals surface area contributed by atoms with E-state index in [2.05, 4.69) is 24.3 Å². The molecule has 0 unspecified atom stereocenters. The maximum Gasteiger partial charge on any atom is 0.234 e. The summed E-state index contributed by atoms with van der Waals surface area (Å²) in [6, 6.07) is 20.1. The smallest absolute Gasteiger partial charge is 0.234 e. The number of amides is 4. The van der Waals surface area contributed by atoms with Crippen LogP contribution in [-0.2, 0) is 19.2 Å². The molecule has 0 spiro atoms. The Hall–Kier alpha value is -3.54. The summed E-state index contributed by atoms with van der Waals surface area (Å²) in [7, 11) is 0. The van der Waals surface area contributed by atoms with Crippen LogP contribution in [-0.4, -0.2) is 44.5 Å². The number of carbonyl (C=O) groups is 4. The minimum Gasteiger partial charge on any atom is -0.277 e. The minimum absolute atomic E-state index is 0.217. The molecular formula is C36H42N2O4. The lowest BCUT2D eigenvalue weighted by Gasteiger charge is -2.64. The van der Waals surface area contributed by atoms with Gasteiger partial charge in [0, 0.05) is 21.9 Å². The molecule has 2 aromatic carbocycles. The number of carbonyl (C=O) groups excluding carboxylic acids is 4. The van der Waals surface area contributed by atoms with E-state index in [0.717, 1.165) is 22.3 Å². The Morgan fingerprint density at radius 3 is 1.00 bits per heavy atom. The fraction of sp³-hybridized carbons (Fsp3) is 0.500. The first-order valence-electron chi connectivity index (χ1n) is 15.3. The van der Waals surface area contributed by atoms with Gasteiger partial charge in [0.2, 0.25) is 23.6 Å². The summed E-state index contributed by atoms with van der Waals surface area (Å²) >= 11 is 0. The van der Waals surface area contributed by atoms with Gasteiger partial charge in [0.1, 0.15) is 0 Å². The number of allylic oxidation sites excluding steroid dienone is 2. The van der Waals surface area contributed by atoms with Crippen molar-refractivity contribution >= 4 is 34.8 Å². The first-order valence-corrected chi connectivity index (χ1v) is 15.3. The van der Waals surface area contributed by atoms with Crippen LogP contribution in [0, 0.1) is 34.5 Å². The topological polar surface area (TPSA) is 74.8 Å². The number of benzene rings is 2. The zero-order valence-corrected chi connectivity index (χ0v) is 26.0. The molecule has 0 N–H and O–H groups in total. The molecule has 4 atom stereocenters. The van der Waals surface area contributed by atoms with Gasteiger partial charge in [0.15, 0.2) is 0 Å². The molecule has 2 bridgehead atoms. The third kappa shape index (κ3) is 3.27. The molecule has 1 saturated carbocycles. The average molecular weight is 567 g/mol. The van der Waals surface area contributed by atoms with Crippen LogP contribution in [0.2, 0.25) is 0 Å². The molecule has 4 amide bonds. The van der Waals surface area contributed by atoms with E-state index in [-0.39, 0.29) is 23.6 Å². The Morgan fingerprint density at radius 1 is 0.524 bits per heavy atom. The molecule has 2 aliphatic heterocycles. The molecule has 7 rings (SSSR count). The first-order chi connectivity index (χ1) is 19.7. The lowest BCUT2D eigenvalue weighted by atomic mass is 9.34. The summed E-state index contributed by atoms with van der Waals surface area (Å²) in [4.78, 5) is 61.9. The summed E-state index contributed by atoms with van der Waals surface area (Å²) in [5, 5.41) is 0. The van der Waals surface area contributed by atoms with E-state index in [9.17, 15) is 19.2 Å². The third-order valence-electron chi connectivity index (χ3n) is 10.6. The average Bonchev–Trinajstić information content (AvgIpc) is 3.40. The summed E-state index contributed by atoms with van der Waals surface area (Å²) < 4.78 is 0. The lowest BCUT2D eigenvalue weighted by Crippen LogP contribution is -2.65. The molecule has 0 radical (unpaired) electrons. The van der Waals surface area contributed by atoms with Crippen LogP contribution in [0.5, 0.6) is 0 Å². The number of imide groups is 2. The summed E-state index contributed by atoms with van der Waals surface area (Å²) in [5.41, 5.74) is 0.222. The van der Waals surface area contributed by atoms with Crippen molar-refractivity contribution in [3.8, 4) is 0 Å². The largest absolute Gasteiger partial charge is 0.277 e. The van der Waals surface area contributed by atoms with E-state index in [4.69, 9.17) is 0 Å². The van der Waals surface area contributed by atoms with E-state index in [0.29, 0.717) is 12.8 Å². The predicted molar refractivity (Wildman–Crippen MR) is 162 cm³/mol. The van der Waals surface area contributed by atoms with E-state index < -0.39 is 45.6 Å². The SMILES string of the molecule is CCC12C(c3ccccc3)=C(c3ccccc3)C(CC)([C@H]3C(=O)N(C(C)(C)C)C(=O)[C@H]31)[C@H]1C(=O)N(C(C)(C)C)C(=O)[C@H]12. The van der Waals surface area contributed by atoms with Gasteiger partial charge in [-0.1, -0.05) is 74.5 Å². The standard InChI is InChI=1S/C36H42N2O4/c1-9-35-23(21-17-13-11-14-18-21)24(22-19-15-12-16-20-22)36(10-2,27-25(35)29(39)37(31(27)41)33(3,4)5)28-26(35)30(40)38(32(28)42)34(6,7)8/h11-20,25-28H,9-10H2,1-8H3/t25-,26-,27+,28+,35?,36?. The van der Waals surface area contributed by atoms with Gasteiger partial charge >= 0.3 is 0 Å². The monoisotopic (exact) mass is 566 g/mol. The van der Waals surface area contributed by atoms with Crippen LogP contribution in [0.15, 0.2) is 60.7 Å². The Balaban J connectivity index is 1.83. The van der Waals surface area contributed by atoms with E-state index in [1.54, 1.807) is 0 Å². The van der Waals surface area contributed by atoms with Crippen molar-refractivity contribution in [3.63, 3.8) is 0 Å². The number of rotatable bonds is 4. The zero-order chi connectivity index (χ0) is 30.6. The molecule has 2 saturated heterocycles. The molecule has 5 aliphatic rings. The molecule has 220 valence electrons. The highest BCUT2D eigenvalue weighted by molar-refractivity contribution is 6.19. The molecule has 6 nitrogen and oxygen atoms in total. The summed E-state index contributed by atoms with van der Waals surface area (Å²) in [6.07, 6.45) is 0.896. The highest BCUT2D eigenvalue weighted by Crippen LogP contribution is 2.78. The van der Waals surface area contributed by atoms with Crippen LogP contribution in [0.25, 0.3) is 11.1 Å². The zero-order valence-electron chi connectivity index (χ0n) is 26.0. The molecule has 2 heterocycles. The van der Waals surface area contributed by atoms with Gasteiger partial charge in [-0.25, -0.2) is 0 Å². The van der Waals surface area contributed by atoms with Crippen molar-refractivity contribution in [3.05, 3.63) is 71.8 Å². The van der Waals surface area contributed by atoms with Crippen molar-refractivity contribution in [1.29, 1.82) is 0 Å². The van der Waals surface area contributed by atoms with Gasteiger partial charge in [-0.3, -0.25) is 29.0 Å². The number of nitrogens with zero attached hydrogens (tertiary/aromatic N) is 2.